The van der Waals surface area contributed by atoms with E-state index in [2.05, 4.69) is 0 Å². The minimum absolute atomic E-state index is 0.136. The first-order valence-electron chi connectivity index (χ1n) is 4.74. The number of hydrogen-bond acceptors (Lipinski definition) is 1. The van der Waals surface area contributed by atoms with Crippen molar-refractivity contribution in [1.82, 2.24) is 0 Å². The van der Waals surface area contributed by atoms with Gasteiger partial charge in [0.1, 0.15) is 5.82 Å². The standard InChI is InChI=1S/C11H13FOS/c1-7(2)9-4-3-8-5-14(13)6-10(8)11(9)12/h3-4,7H,5-6H2,1-2H3. The molecule has 1 atom stereocenters. The van der Waals surface area contributed by atoms with Crippen LogP contribution in [-0.4, -0.2) is 4.21 Å². The van der Waals surface area contributed by atoms with Crippen LogP contribution in [0.2, 0.25) is 0 Å². The Morgan fingerprint density at radius 2 is 2.07 bits per heavy atom. The number of fused-ring (bicyclic) bond motifs is 1. The van der Waals surface area contributed by atoms with Crippen molar-refractivity contribution in [1.29, 1.82) is 0 Å². The first kappa shape index (κ1) is 9.84. The Hall–Kier alpha value is -0.700. The van der Waals surface area contributed by atoms with Crippen molar-refractivity contribution in [2.24, 2.45) is 0 Å². The summed E-state index contributed by atoms with van der Waals surface area (Å²) in [6.45, 7) is 3.94. The molecule has 3 heteroatoms. The Morgan fingerprint density at radius 1 is 1.36 bits per heavy atom. The van der Waals surface area contributed by atoms with E-state index in [0.29, 0.717) is 17.1 Å². The molecule has 0 aromatic heterocycles. The van der Waals surface area contributed by atoms with Crippen LogP contribution < -0.4 is 0 Å². The van der Waals surface area contributed by atoms with Gasteiger partial charge in [-0.25, -0.2) is 4.39 Å². The highest BCUT2D eigenvalue weighted by Crippen LogP contribution is 2.29. The van der Waals surface area contributed by atoms with Gasteiger partial charge in [0.2, 0.25) is 0 Å². The summed E-state index contributed by atoms with van der Waals surface area (Å²) < 4.78 is 25.1. The largest absolute Gasteiger partial charge is 0.259 e. The van der Waals surface area contributed by atoms with Gasteiger partial charge >= 0.3 is 0 Å². The predicted octanol–water partition coefficient (Wildman–Crippen LogP) is 2.71. The first-order valence-corrected chi connectivity index (χ1v) is 6.23. The molecule has 0 amide bonds. The Bertz CT molecular complexity index is 399. The van der Waals surface area contributed by atoms with Crippen molar-refractivity contribution < 1.29 is 8.60 Å². The Balaban J connectivity index is 2.53. The highest BCUT2D eigenvalue weighted by molar-refractivity contribution is 7.83. The molecule has 0 saturated heterocycles. The predicted molar refractivity (Wildman–Crippen MR) is 56.0 cm³/mol. The summed E-state index contributed by atoms with van der Waals surface area (Å²) in [6, 6.07) is 3.74. The molecular formula is C11H13FOS. The van der Waals surface area contributed by atoms with Crippen LogP contribution in [0.15, 0.2) is 12.1 Å². The lowest BCUT2D eigenvalue weighted by atomic mass is 9.97. The van der Waals surface area contributed by atoms with Crippen molar-refractivity contribution >= 4 is 10.8 Å². The lowest BCUT2D eigenvalue weighted by Gasteiger charge is -2.09. The molecule has 1 aromatic carbocycles. The van der Waals surface area contributed by atoms with Crippen LogP contribution in [0.3, 0.4) is 0 Å². The SMILES string of the molecule is CC(C)c1ccc2c(c1F)CS(=O)C2. The van der Waals surface area contributed by atoms with Crippen molar-refractivity contribution in [3.8, 4) is 0 Å². The van der Waals surface area contributed by atoms with Crippen LogP contribution in [0.5, 0.6) is 0 Å². The normalized spacial score (nSPS) is 20.1. The number of halogens is 1. The van der Waals surface area contributed by atoms with E-state index in [9.17, 15) is 8.60 Å². The van der Waals surface area contributed by atoms with Gasteiger partial charge in [0, 0.05) is 22.1 Å². The Kier molecular flexibility index (Phi) is 2.43. The zero-order chi connectivity index (χ0) is 10.3. The molecule has 1 aromatic rings. The van der Waals surface area contributed by atoms with Gasteiger partial charge in [-0.1, -0.05) is 26.0 Å². The maximum Gasteiger partial charge on any atom is 0.131 e. The second kappa shape index (κ2) is 3.46. The zero-order valence-electron chi connectivity index (χ0n) is 8.34. The highest BCUT2D eigenvalue weighted by Gasteiger charge is 2.23. The smallest absolute Gasteiger partial charge is 0.131 e. The second-order valence-corrected chi connectivity index (χ2v) is 5.45. The van der Waals surface area contributed by atoms with Gasteiger partial charge in [0.15, 0.2) is 0 Å². The minimum atomic E-state index is -0.891. The lowest BCUT2D eigenvalue weighted by molar-refractivity contribution is 0.587. The molecule has 1 heterocycles. The maximum absolute atomic E-state index is 13.9. The molecule has 0 radical (unpaired) electrons. The molecule has 1 nitrogen and oxygen atoms in total. The molecule has 0 saturated carbocycles. The van der Waals surface area contributed by atoms with Gasteiger partial charge in [-0.2, -0.15) is 0 Å². The van der Waals surface area contributed by atoms with Crippen molar-refractivity contribution in [2.75, 3.05) is 0 Å². The molecule has 1 aliphatic heterocycles. The van der Waals surface area contributed by atoms with E-state index >= 15 is 0 Å². The fourth-order valence-electron chi connectivity index (χ4n) is 1.80. The molecule has 0 bridgehead atoms. The van der Waals surface area contributed by atoms with Crippen LogP contribution in [0.4, 0.5) is 4.39 Å². The monoisotopic (exact) mass is 212 g/mol. The van der Waals surface area contributed by atoms with Gasteiger partial charge in [-0.3, -0.25) is 4.21 Å². The quantitative estimate of drug-likeness (QED) is 0.699. The fraction of sp³-hybridized carbons (Fsp3) is 0.455. The molecule has 1 unspecified atom stereocenters. The summed E-state index contributed by atoms with van der Waals surface area (Å²) in [7, 11) is -0.891. The first-order chi connectivity index (χ1) is 6.59. The third-order valence-electron chi connectivity index (χ3n) is 2.61. The molecule has 76 valence electrons. The van der Waals surface area contributed by atoms with Crippen LogP contribution in [-0.2, 0) is 22.3 Å². The minimum Gasteiger partial charge on any atom is -0.259 e. The molecule has 0 aliphatic carbocycles. The molecule has 0 spiro atoms. The summed E-state index contributed by atoms with van der Waals surface area (Å²) in [4.78, 5) is 0. The van der Waals surface area contributed by atoms with Crippen LogP contribution in [0, 0.1) is 5.82 Å². The van der Waals surface area contributed by atoms with E-state index in [0.717, 1.165) is 11.1 Å². The molecule has 0 fully saturated rings. The second-order valence-electron chi connectivity index (χ2n) is 3.99. The van der Waals surface area contributed by atoms with E-state index in [1.54, 1.807) is 0 Å². The van der Waals surface area contributed by atoms with Gasteiger partial charge in [0.05, 0.1) is 5.75 Å². The molecule has 14 heavy (non-hydrogen) atoms. The fourth-order valence-corrected chi connectivity index (χ4v) is 3.16. The number of rotatable bonds is 1. The van der Waals surface area contributed by atoms with Gasteiger partial charge in [0.25, 0.3) is 0 Å². The molecule has 0 N–H and O–H groups in total. The average molecular weight is 212 g/mol. The van der Waals surface area contributed by atoms with Gasteiger partial charge < -0.3 is 0 Å². The molecule has 1 aliphatic rings. The van der Waals surface area contributed by atoms with Crippen molar-refractivity contribution in [3.63, 3.8) is 0 Å². The lowest BCUT2D eigenvalue weighted by Crippen LogP contribution is -1.98. The summed E-state index contributed by atoms with van der Waals surface area (Å²) in [5.74, 6) is 0.962. The van der Waals surface area contributed by atoms with E-state index < -0.39 is 10.8 Å². The van der Waals surface area contributed by atoms with Crippen molar-refractivity contribution in [2.45, 2.75) is 31.3 Å². The zero-order valence-corrected chi connectivity index (χ0v) is 9.16. The maximum atomic E-state index is 13.9. The summed E-state index contributed by atoms with van der Waals surface area (Å²) >= 11 is 0. The van der Waals surface area contributed by atoms with Crippen LogP contribution >= 0.6 is 0 Å². The van der Waals surface area contributed by atoms with E-state index in [1.807, 2.05) is 26.0 Å². The number of hydrogen-bond donors (Lipinski definition) is 0. The van der Waals surface area contributed by atoms with E-state index in [-0.39, 0.29) is 11.7 Å². The van der Waals surface area contributed by atoms with E-state index in [1.165, 1.54) is 0 Å². The van der Waals surface area contributed by atoms with Crippen molar-refractivity contribution in [3.05, 3.63) is 34.6 Å². The number of benzene rings is 1. The Morgan fingerprint density at radius 3 is 2.71 bits per heavy atom. The van der Waals surface area contributed by atoms with Crippen LogP contribution in [0.25, 0.3) is 0 Å². The third kappa shape index (κ3) is 1.50. The Labute approximate surface area is 85.8 Å². The summed E-state index contributed by atoms with van der Waals surface area (Å²) in [6.07, 6.45) is 0. The van der Waals surface area contributed by atoms with Crippen LogP contribution in [0.1, 0.15) is 36.5 Å². The topological polar surface area (TPSA) is 17.1 Å². The van der Waals surface area contributed by atoms with Gasteiger partial charge in [-0.15, -0.1) is 0 Å². The average Bonchev–Trinajstić information content (AvgIpc) is 2.46. The van der Waals surface area contributed by atoms with Gasteiger partial charge in [-0.05, 0) is 17.0 Å². The summed E-state index contributed by atoms with van der Waals surface area (Å²) in [5.41, 5.74) is 2.34. The summed E-state index contributed by atoms with van der Waals surface area (Å²) in [5, 5.41) is 0. The third-order valence-corrected chi connectivity index (χ3v) is 3.86. The molecule has 2 rings (SSSR count). The van der Waals surface area contributed by atoms with E-state index in [4.69, 9.17) is 0 Å². The highest BCUT2D eigenvalue weighted by atomic mass is 32.2. The molecular weight excluding hydrogens is 199 g/mol.